The lowest BCUT2D eigenvalue weighted by Gasteiger charge is -2.32. The van der Waals surface area contributed by atoms with Crippen LogP contribution in [0, 0.1) is 6.92 Å². The summed E-state index contributed by atoms with van der Waals surface area (Å²) in [6, 6.07) is 7.38. The predicted molar refractivity (Wildman–Crippen MR) is 96.6 cm³/mol. The molecule has 134 valence electrons. The van der Waals surface area contributed by atoms with Gasteiger partial charge in [0, 0.05) is 25.1 Å². The number of amides is 1. The van der Waals surface area contributed by atoms with Crippen LogP contribution >= 0.6 is 0 Å². The molecule has 0 unspecified atom stereocenters. The van der Waals surface area contributed by atoms with Crippen LogP contribution in [0.3, 0.4) is 0 Å². The molecular weight excluding hydrogens is 318 g/mol. The van der Waals surface area contributed by atoms with Gasteiger partial charge >= 0.3 is 0 Å². The van der Waals surface area contributed by atoms with Gasteiger partial charge < -0.3 is 9.64 Å². The molecule has 0 bridgehead atoms. The van der Waals surface area contributed by atoms with E-state index in [0.29, 0.717) is 18.5 Å². The Kier molecular flexibility index (Phi) is 5.48. The van der Waals surface area contributed by atoms with Gasteiger partial charge in [0.2, 0.25) is 5.91 Å². The maximum atomic E-state index is 12.7. The Morgan fingerprint density at radius 1 is 1.32 bits per heavy atom. The minimum atomic E-state index is -0.217. The van der Waals surface area contributed by atoms with Crippen LogP contribution in [-0.2, 0) is 16.1 Å². The second kappa shape index (κ2) is 7.78. The lowest BCUT2D eigenvalue weighted by Crippen LogP contribution is -2.45. The van der Waals surface area contributed by atoms with Crippen LogP contribution in [0.2, 0.25) is 0 Å². The highest BCUT2D eigenvalue weighted by atomic mass is 16.5. The number of hydrogen-bond acceptors (Lipinski definition) is 4. The number of aromatic nitrogens is 2. The summed E-state index contributed by atoms with van der Waals surface area (Å²) >= 11 is 0. The highest BCUT2D eigenvalue weighted by Crippen LogP contribution is 2.15. The van der Waals surface area contributed by atoms with E-state index in [9.17, 15) is 9.59 Å². The fraction of sp³-hybridized carbons (Fsp3) is 0.526. The van der Waals surface area contributed by atoms with Crippen molar-refractivity contribution < 1.29 is 9.53 Å². The zero-order valence-corrected chi connectivity index (χ0v) is 14.9. The molecule has 6 heteroatoms. The van der Waals surface area contributed by atoms with Gasteiger partial charge in [-0.3, -0.25) is 9.59 Å². The van der Waals surface area contributed by atoms with Crippen molar-refractivity contribution in [3.63, 3.8) is 0 Å². The van der Waals surface area contributed by atoms with Crippen molar-refractivity contribution in [1.82, 2.24) is 14.7 Å². The maximum Gasteiger partial charge on any atom is 0.275 e. The van der Waals surface area contributed by atoms with Crippen LogP contribution in [0.25, 0.3) is 10.8 Å². The molecule has 25 heavy (non-hydrogen) atoms. The number of fused-ring (bicyclic) bond motifs is 1. The van der Waals surface area contributed by atoms with E-state index in [0.717, 1.165) is 36.9 Å². The number of ether oxygens (including phenoxy) is 1. The summed E-state index contributed by atoms with van der Waals surface area (Å²) in [5.41, 5.74) is 0.538. The molecule has 0 spiro atoms. The smallest absolute Gasteiger partial charge is 0.275 e. The molecule has 1 aliphatic rings. The quantitative estimate of drug-likeness (QED) is 0.834. The zero-order valence-electron chi connectivity index (χ0n) is 14.9. The Bertz CT molecular complexity index is 815. The van der Waals surface area contributed by atoms with Crippen LogP contribution in [-0.4, -0.2) is 46.4 Å². The highest BCUT2D eigenvalue weighted by Gasteiger charge is 2.24. The third-order valence-corrected chi connectivity index (χ3v) is 4.63. The molecule has 6 nitrogen and oxygen atoms in total. The molecule has 0 radical (unpaired) electrons. The van der Waals surface area contributed by atoms with E-state index < -0.39 is 0 Å². The monoisotopic (exact) mass is 343 g/mol. The Hall–Kier alpha value is -2.21. The van der Waals surface area contributed by atoms with E-state index in [-0.39, 0.29) is 24.1 Å². The Balaban J connectivity index is 1.76. The first-order valence-corrected chi connectivity index (χ1v) is 8.96. The van der Waals surface area contributed by atoms with Crippen LogP contribution in [0.4, 0.5) is 0 Å². The van der Waals surface area contributed by atoms with Gasteiger partial charge in [0.25, 0.3) is 5.56 Å². The first kappa shape index (κ1) is 17.6. The number of rotatable bonds is 5. The lowest BCUT2D eigenvalue weighted by molar-refractivity contribution is -0.136. The highest BCUT2D eigenvalue weighted by molar-refractivity contribution is 5.83. The van der Waals surface area contributed by atoms with Crippen molar-refractivity contribution in [3.8, 4) is 0 Å². The van der Waals surface area contributed by atoms with Crippen molar-refractivity contribution in [2.45, 2.75) is 45.8 Å². The molecule has 0 saturated carbocycles. The summed E-state index contributed by atoms with van der Waals surface area (Å²) in [5, 5.41) is 5.77. The Labute approximate surface area is 147 Å². The Morgan fingerprint density at radius 2 is 2.08 bits per heavy atom. The molecule has 1 aromatic carbocycles. The largest absolute Gasteiger partial charge is 0.376 e. The van der Waals surface area contributed by atoms with Crippen molar-refractivity contribution in [2.75, 3.05) is 19.7 Å². The number of carbonyl (C=O) groups is 1. The van der Waals surface area contributed by atoms with Crippen molar-refractivity contribution in [2.24, 2.45) is 0 Å². The van der Waals surface area contributed by atoms with Gasteiger partial charge in [-0.2, -0.15) is 5.10 Å². The third kappa shape index (κ3) is 3.90. The van der Waals surface area contributed by atoms with Crippen molar-refractivity contribution in [3.05, 3.63) is 40.3 Å². The number of carbonyl (C=O) groups excluding carboxylic acids is 1. The van der Waals surface area contributed by atoms with Crippen molar-refractivity contribution >= 4 is 16.7 Å². The molecule has 1 aliphatic heterocycles. The van der Waals surface area contributed by atoms with Crippen LogP contribution < -0.4 is 5.56 Å². The molecule has 2 aromatic rings. The van der Waals surface area contributed by atoms with E-state index in [1.165, 1.54) is 4.68 Å². The summed E-state index contributed by atoms with van der Waals surface area (Å²) in [5.74, 6) is -0.0749. The van der Waals surface area contributed by atoms with E-state index in [4.69, 9.17) is 4.74 Å². The summed E-state index contributed by atoms with van der Waals surface area (Å²) in [6.07, 6.45) is 2.98. The van der Waals surface area contributed by atoms with Gasteiger partial charge in [-0.05, 0) is 32.3 Å². The summed E-state index contributed by atoms with van der Waals surface area (Å²) < 4.78 is 7.07. The SMILES string of the molecule is CCCO[C@H]1CCCN(C(=O)Cn2nc(C)c3ccccc3c2=O)C1. The molecule has 1 saturated heterocycles. The standard InChI is InChI=1S/C19H25N3O3/c1-3-11-25-15-7-6-10-21(12-15)18(23)13-22-19(24)17-9-5-4-8-16(17)14(2)20-22/h4-5,8-9,15H,3,6-7,10-13H2,1-2H3/t15-/m0/s1. The second-order valence-corrected chi connectivity index (χ2v) is 6.57. The summed E-state index contributed by atoms with van der Waals surface area (Å²) in [4.78, 5) is 27.1. The molecule has 0 N–H and O–H groups in total. The topological polar surface area (TPSA) is 64.4 Å². The number of likely N-dealkylation sites (tertiary alicyclic amines) is 1. The zero-order chi connectivity index (χ0) is 17.8. The number of hydrogen-bond donors (Lipinski definition) is 0. The van der Waals surface area contributed by atoms with E-state index in [1.807, 2.05) is 25.1 Å². The molecule has 2 heterocycles. The second-order valence-electron chi connectivity index (χ2n) is 6.57. The molecule has 0 aliphatic carbocycles. The third-order valence-electron chi connectivity index (χ3n) is 4.63. The average molecular weight is 343 g/mol. The number of nitrogens with zero attached hydrogens (tertiary/aromatic N) is 3. The van der Waals surface area contributed by atoms with Crippen LogP contribution in [0.5, 0.6) is 0 Å². The Morgan fingerprint density at radius 3 is 2.84 bits per heavy atom. The van der Waals surface area contributed by atoms with E-state index in [1.54, 1.807) is 11.0 Å². The minimum Gasteiger partial charge on any atom is -0.376 e. The molecule has 1 fully saturated rings. The van der Waals surface area contributed by atoms with E-state index in [2.05, 4.69) is 12.0 Å². The molecular formula is C19H25N3O3. The van der Waals surface area contributed by atoms with Gasteiger partial charge in [0.05, 0.1) is 17.2 Å². The first-order chi connectivity index (χ1) is 12.1. The van der Waals surface area contributed by atoms with Crippen LogP contribution in [0.15, 0.2) is 29.1 Å². The molecule has 3 rings (SSSR count). The van der Waals surface area contributed by atoms with E-state index >= 15 is 0 Å². The minimum absolute atomic E-state index is 0.0228. The molecule has 1 amide bonds. The normalized spacial score (nSPS) is 17.8. The van der Waals surface area contributed by atoms with Gasteiger partial charge in [-0.25, -0.2) is 4.68 Å². The average Bonchev–Trinajstić information content (AvgIpc) is 2.64. The van der Waals surface area contributed by atoms with Gasteiger partial charge in [0.15, 0.2) is 0 Å². The van der Waals surface area contributed by atoms with Crippen molar-refractivity contribution in [1.29, 1.82) is 0 Å². The van der Waals surface area contributed by atoms with Crippen LogP contribution in [0.1, 0.15) is 31.9 Å². The molecule has 1 aromatic heterocycles. The fourth-order valence-corrected chi connectivity index (χ4v) is 3.33. The summed E-state index contributed by atoms with van der Waals surface area (Å²) in [6.45, 7) is 5.94. The predicted octanol–water partition coefficient (Wildman–Crippen LogP) is 2.12. The lowest BCUT2D eigenvalue weighted by atomic mass is 10.1. The first-order valence-electron chi connectivity index (χ1n) is 8.96. The fourth-order valence-electron chi connectivity index (χ4n) is 3.33. The maximum absolute atomic E-state index is 12.7. The van der Waals surface area contributed by atoms with Gasteiger partial charge in [-0.15, -0.1) is 0 Å². The number of aryl methyl sites for hydroxylation is 1. The van der Waals surface area contributed by atoms with Gasteiger partial charge in [-0.1, -0.05) is 25.1 Å². The number of benzene rings is 1. The number of piperidine rings is 1. The molecule has 1 atom stereocenters. The van der Waals surface area contributed by atoms with Gasteiger partial charge in [0.1, 0.15) is 6.54 Å². The summed E-state index contributed by atoms with van der Waals surface area (Å²) in [7, 11) is 0.